The molecule has 0 aliphatic heterocycles. The molecule has 1 unspecified atom stereocenters. The maximum absolute atomic E-state index is 12.3. The van der Waals surface area contributed by atoms with Gasteiger partial charge in [0, 0.05) is 5.56 Å². The normalized spacial score (nSPS) is 13.9. The Kier molecular flexibility index (Phi) is 4.42. The SMILES string of the molecule is CCc1noc(C)c1C(=O)NCC(C)(O)c1cc(C)oc1C. The summed E-state index contributed by atoms with van der Waals surface area (Å²) in [4.78, 5) is 12.3. The fourth-order valence-corrected chi connectivity index (χ4v) is 2.55. The van der Waals surface area contributed by atoms with E-state index in [1.807, 2.05) is 13.8 Å². The highest BCUT2D eigenvalue weighted by atomic mass is 16.5. The van der Waals surface area contributed by atoms with Crippen molar-refractivity contribution in [1.29, 1.82) is 0 Å². The van der Waals surface area contributed by atoms with Crippen LogP contribution in [0.2, 0.25) is 0 Å². The molecule has 1 atom stereocenters. The largest absolute Gasteiger partial charge is 0.466 e. The van der Waals surface area contributed by atoms with Crippen molar-refractivity contribution < 1.29 is 18.8 Å². The Morgan fingerprint density at radius 2 is 2.05 bits per heavy atom. The molecule has 0 aliphatic carbocycles. The monoisotopic (exact) mass is 306 g/mol. The van der Waals surface area contributed by atoms with Gasteiger partial charge in [-0.25, -0.2) is 0 Å². The third-order valence-electron chi connectivity index (χ3n) is 3.71. The average molecular weight is 306 g/mol. The highest BCUT2D eigenvalue weighted by Gasteiger charge is 2.29. The summed E-state index contributed by atoms with van der Waals surface area (Å²) in [5.74, 6) is 1.55. The van der Waals surface area contributed by atoms with Crippen LogP contribution < -0.4 is 5.32 Å². The Bertz CT molecular complexity index is 682. The van der Waals surface area contributed by atoms with Crippen molar-refractivity contribution in [2.45, 2.75) is 46.6 Å². The molecule has 0 radical (unpaired) electrons. The number of carbonyl (C=O) groups excluding carboxylic acids is 1. The number of aliphatic hydroxyl groups is 1. The van der Waals surface area contributed by atoms with E-state index in [9.17, 15) is 9.90 Å². The predicted octanol–water partition coefficient (Wildman–Crippen LogP) is 2.39. The van der Waals surface area contributed by atoms with Crippen LogP contribution in [-0.4, -0.2) is 22.7 Å². The van der Waals surface area contributed by atoms with Crippen molar-refractivity contribution in [3.63, 3.8) is 0 Å². The minimum Gasteiger partial charge on any atom is -0.466 e. The molecule has 0 saturated heterocycles. The second-order valence-corrected chi connectivity index (χ2v) is 5.70. The van der Waals surface area contributed by atoms with Crippen LogP contribution in [0, 0.1) is 20.8 Å². The van der Waals surface area contributed by atoms with Crippen LogP contribution in [0.4, 0.5) is 0 Å². The molecule has 0 spiro atoms. The predicted molar refractivity (Wildman–Crippen MR) is 80.7 cm³/mol. The molecule has 0 aromatic carbocycles. The van der Waals surface area contributed by atoms with Gasteiger partial charge >= 0.3 is 0 Å². The fourth-order valence-electron chi connectivity index (χ4n) is 2.55. The first-order valence-electron chi connectivity index (χ1n) is 7.29. The van der Waals surface area contributed by atoms with Crippen molar-refractivity contribution in [1.82, 2.24) is 10.5 Å². The van der Waals surface area contributed by atoms with Gasteiger partial charge in [-0.1, -0.05) is 12.1 Å². The summed E-state index contributed by atoms with van der Waals surface area (Å²) in [6.45, 7) is 8.92. The number of rotatable bonds is 5. The Balaban J connectivity index is 2.13. The van der Waals surface area contributed by atoms with Gasteiger partial charge in [0.15, 0.2) is 0 Å². The van der Waals surface area contributed by atoms with Crippen LogP contribution in [0.1, 0.15) is 52.7 Å². The standard InChI is InChI=1S/C16H22N2O4/c1-6-13-14(11(4)22-18-13)15(19)17-8-16(5,20)12-7-9(2)21-10(12)3/h7,20H,6,8H2,1-5H3,(H,17,19). The number of amides is 1. The van der Waals surface area contributed by atoms with Crippen molar-refractivity contribution in [3.8, 4) is 0 Å². The minimum atomic E-state index is -1.21. The number of nitrogens with zero attached hydrogens (tertiary/aromatic N) is 1. The molecule has 2 aromatic heterocycles. The van der Waals surface area contributed by atoms with Gasteiger partial charge in [-0.2, -0.15) is 0 Å². The number of hydrogen-bond donors (Lipinski definition) is 2. The third kappa shape index (κ3) is 3.06. The maximum Gasteiger partial charge on any atom is 0.256 e. The summed E-state index contributed by atoms with van der Waals surface area (Å²) in [5, 5.41) is 17.2. The Morgan fingerprint density at radius 1 is 1.36 bits per heavy atom. The fraction of sp³-hybridized carbons (Fsp3) is 0.500. The van der Waals surface area contributed by atoms with Crippen LogP contribution >= 0.6 is 0 Å². The van der Waals surface area contributed by atoms with E-state index in [4.69, 9.17) is 8.94 Å². The van der Waals surface area contributed by atoms with E-state index in [0.29, 0.717) is 34.8 Å². The van der Waals surface area contributed by atoms with Gasteiger partial charge in [0.05, 0.1) is 12.2 Å². The molecular weight excluding hydrogens is 284 g/mol. The first-order valence-corrected chi connectivity index (χ1v) is 7.29. The summed E-state index contributed by atoms with van der Waals surface area (Å²) < 4.78 is 10.5. The van der Waals surface area contributed by atoms with Gasteiger partial charge in [0.25, 0.3) is 5.91 Å². The highest BCUT2D eigenvalue weighted by Crippen LogP contribution is 2.26. The lowest BCUT2D eigenvalue weighted by Crippen LogP contribution is -2.39. The van der Waals surface area contributed by atoms with E-state index in [1.165, 1.54) is 0 Å². The van der Waals surface area contributed by atoms with Crippen LogP contribution in [0.3, 0.4) is 0 Å². The van der Waals surface area contributed by atoms with Crippen LogP contribution in [0.25, 0.3) is 0 Å². The summed E-state index contributed by atoms with van der Waals surface area (Å²) in [6, 6.07) is 1.78. The zero-order valence-electron chi connectivity index (χ0n) is 13.6. The third-order valence-corrected chi connectivity index (χ3v) is 3.71. The Morgan fingerprint density at radius 3 is 2.59 bits per heavy atom. The van der Waals surface area contributed by atoms with Gasteiger partial charge in [-0.3, -0.25) is 4.79 Å². The van der Waals surface area contributed by atoms with Crippen molar-refractivity contribution in [2.75, 3.05) is 6.54 Å². The number of nitrogens with one attached hydrogen (secondary N) is 1. The van der Waals surface area contributed by atoms with Crippen LogP contribution in [-0.2, 0) is 12.0 Å². The van der Waals surface area contributed by atoms with Gasteiger partial charge in [-0.05, 0) is 40.2 Å². The Labute approximate surface area is 129 Å². The quantitative estimate of drug-likeness (QED) is 0.885. The molecule has 0 saturated carbocycles. The molecule has 120 valence electrons. The van der Waals surface area contributed by atoms with Gasteiger partial charge in [0.1, 0.15) is 28.4 Å². The lowest BCUT2D eigenvalue weighted by atomic mass is 9.96. The maximum atomic E-state index is 12.3. The summed E-state index contributed by atoms with van der Waals surface area (Å²) in [7, 11) is 0. The molecule has 6 heteroatoms. The van der Waals surface area contributed by atoms with Crippen molar-refractivity contribution >= 4 is 5.91 Å². The lowest BCUT2D eigenvalue weighted by molar-refractivity contribution is 0.0513. The molecule has 0 bridgehead atoms. The topological polar surface area (TPSA) is 88.5 Å². The van der Waals surface area contributed by atoms with Crippen LogP contribution in [0.5, 0.6) is 0 Å². The zero-order chi connectivity index (χ0) is 16.5. The molecule has 2 rings (SSSR count). The van der Waals surface area contributed by atoms with Crippen molar-refractivity contribution in [2.24, 2.45) is 0 Å². The molecule has 2 heterocycles. The molecule has 1 amide bonds. The molecular formula is C16H22N2O4. The second kappa shape index (κ2) is 5.96. The smallest absolute Gasteiger partial charge is 0.256 e. The lowest BCUT2D eigenvalue weighted by Gasteiger charge is -2.23. The second-order valence-electron chi connectivity index (χ2n) is 5.70. The van der Waals surface area contributed by atoms with Gasteiger partial charge in [-0.15, -0.1) is 0 Å². The molecule has 0 fully saturated rings. The summed E-state index contributed by atoms with van der Waals surface area (Å²) >= 11 is 0. The number of hydrogen-bond acceptors (Lipinski definition) is 5. The molecule has 2 aromatic rings. The number of aryl methyl sites for hydroxylation is 4. The van der Waals surface area contributed by atoms with Gasteiger partial charge in [0.2, 0.25) is 0 Å². The van der Waals surface area contributed by atoms with E-state index in [1.54, 1.807) is 26.8 Å². The first-order chi connectivity index (χ1) is 10.3. The zero-order valence-corrected chi connectivity index (χ0v) is 13.6. The van der Waals surface area contributed by atoms with E-state index in [-0.39, 0.29) is 12.5 Å². The van der Waals surface area contributed by atoms with Crippen LogP contribution in [0.15, 0.2) is 15.0 Å². The molecule has 6 nitrogen and oxygen atoms in total. The van der Waals surface area contributed by atoms with Crippen molar-refractivity contribution in [3.05, 3.63) is 40.2 Å². The first kappa shape index (κ1) is 16.3. The minimum absolute atomic E-state index is 0.0689. The van der Waals surface area contributed by atoms with E-state index < -0.39 is 5.60 Å². The van der Waals surface area contributed by atoms with Gasteiger partial charge < -0.3 is 19.4 Å². The van der Waals surface area contributed by atoms with E-state index in [0.717, 1.165) is 5.76 Å². The summed E-state index contributed by atoms with van der Waals surface area (Å²) in [6.07, 6.45) is 0.608. The van der Waals surface area contributed by atoms with E-state index >= 15 is 0 Å². The summed E-state index contributed by atoms with van der Waals surface area (Å²) in [5.41, 5.74) is 0.515. The van der Waals surface area contributed by atoms with E-state index in [2.05, 4.69) is 10.5 Å². The Hall–Kier alpha value is -2.08. The molecule has 0 aliphatic rings. The highest BCUT2D eigenvalue weighted by molar-refractivity contribution is 5.96. The average Bonchev–Trinajstić information content (AvgIpc) is 2.99. The number of furan rings is 1. The molecule has 22 heavy (non-hydrogen) atoms. The number of carbonyl (C=O) groups is 1. The molecule has 2 N–H and O–H groups in total. The number of aromatic nitrogens is 1.